The SMILES string of the molecule is O=C1c2cc(Br)ccc2-c2nc(C=NO)ccc21. The van der Waals surface area contributed by atoms with Gasteiger partial charge in [0.05, 0.1) is 17.6 Å². The molecule has 0 bridgehead atoms. The van der Waals surface area contributed by atoms with Crippen molar-refractivity contribution in [2.75, 3.05) is 0 Å². The summed E-state index contributed by atoms with van der Waals surface area (Å²) in [5.41, 5.74) is 3.19. The van der Waals surface area contributed by atoms with Crippen molar-refractivity contribution in [3.63, 3.8) is 0 Å². The van der Waals surface area contributed by atoms with E-state index in [0.717, 1.165) is 10.0 Å². The van der Waals surface area contributed by atoms with Gasteiger partial charge in [0.1, 0.15) is 0 Å². The summed E-state index contributed by atoms with van der Waals surface area (Å²) >= 11 is 3.35. The van der Waals surface area contributed by atoms with Gasteiger partial charge in [-0.3, -0.25) is 4.79 Å². The first-order valence-electron chi connectivity index (χ1n) is 5.24. The molecule has 0 saturated heterocycles. The van der Waals surface area contributed by atoms with Crippen LogP contribution in [0.4, 0.5) is 0 Å². The van der Waals surface area contributed by atoms with Crippen LogP contribution in [0.25, 0.3) is 11.3 Å². The molecule has 0 aliphatic heterocycles. The van der Waals surface area contributed by atoms with Crippen molar-refractivity contribution in [1.82, 2.24) is 4.98 Å². The minimum Gasteiger partial charge on any atom is -0.411 e. The number of hydrogen-bond acceptors (Lipinski definition) is 4. The molecular weight excluding hydrogens is 296 g/mol. The van der Waals surface area contributed by atoms with Crippen molar-refractivity contribution in [3.8, 4) is 11.3 Å². The molecule has 1 aliphatic rings. The van der Waals surface area contributed by atoms with E-state index in [4.69, 9.17) is 5.21 Å². The van der Waals surface area contributed by atoms with Crippen LogP contribution in [-0.4, -0.2) is 22.2 Å². The fourth-order valence-corrected chi connectivity index (χ4v) is 2.41. The van der Waals surface area contributed by atoms with Gasteiger partial charge in [-0.05, 0) is 24.3 Å². The van der Waals surface area contributed by atoms with Crippen LogP contribution in [0.5, 0.6) is 0 Å². The van der Waals surface area contributed by atoms with Gasteiger partial charge in [-0.15, -0.1) is 0 Å². The monoisotopic (exact) mass is 302 g/mol. The third-order valence-corrected chi connectivity index (χ3v) is 3.33. The Morgan fingerprint density at radius 2 is 1.94 bits per heavy atom. The minimum atomic E-state index is -0.0266. The number of carbonyl (C=O) groups is 1. The predicted octanol–water partition coefficient (Wildman–Crippen LogP) is 2.86. The lowest BCUT2D eigenvalue weighted by Gasteiger charge is -2.00. The number of ketones is 1. The maximum atomic E-state index is 12.2. The Kier molecular flexibility index (Phi) is 2.48. The molecule has 18 heavy (non-hydrogen) atoms. The average molecular weight is 303 g/mol. The van der Waals surface area contributed by atoms with E-state index in [0.29, 0.717) is 22.5 Å². The molecule has 0 radical (unpaired) electrons. The van der Waals surface area contributed by atoms with E-state index in [2.05, 4.69) is 26.1 Å². The van der Waals surface area contributed by atoms with E-state index in [-0.39, 0.29) is 5.78 Å². The van der Waals surface area contributed by atoms with Crippen LogP contribution in [0.1, 0.15) is 21.6 Å². The van der Waals surface area contributed by atoms with Crippen LogP contribution in [0.3, 0.4) is 0 Å². The normalized spacial score (nSPS) is 12.8. The van der Waals surface area contributed by atoms with Crippen molar-refractivity contribution in [1.29, 1.82) is 0 Å². The summed E-state index contributed by atoms with van der Waals surface area (Å²) in [5.74, 6) is -0.0266. The largest absolute Gasteiger partial charge is 0.411 e. The molecule has 0 fully saturated rings. The second kappa shape index (κ2) is 4.03. The summed E-state index contributed by atoms with van der Waals surface area (Å²) in [7, 11) is 0. The predicted molar refractivity (Wildman–Crippen MR) is 70.2 cm³/mol. The molecule has 3 rings (SSSR count). The minimum absolute atomic E-state index is 0.0266. The molecule has 1 N–H and O–H groups in total. The Hall–Kier alpha value is -2.01. The zero-order valence-electron chi connectivity index (χ0n) is 9.09. The van der Waals surface area contributed by atoms with E-state index in [1.807, 2.05) is 12.1 Å². The molecule has 0 atom stereocenters. The first kappa shape index (κ1) is 11.1. The summed E-state index contributed by atoms with van der Waals surface area (Å²) in [5, 5.41) is 11.4. The van der Waals surface area contributed by atoms with Crippen molar-refractivity contribution in [2.45, 2.75) is 0 Å². The van der Waals surface area contributed by atoms with E-state index < -0.39 is 0 Å². The fourth-order valence-electron chi connectivity index (χ4n) is 2.05. The van der Waals surface area contributed by atoms with Crippen molar-refractivity contribution in [3.05, 3.63) is 51.6 Å². The van der Waals surface area contributed by atoms with Crippen LogP contribution in [0.2, 0.25) is 0 Å². The van der Waals surface area contributed by atoms with Crippen LogP contribution >= 0.6 is 15.9 Å². The third-order valence-electron chi connectivity index (χ3n) is 2.83. The Labute approximate surface area is 111 Å². The quantitative estimate of drug-likeness (QED) is 0.427. The molecule has 4 nitrogen and oxygen atoms in total. The lowest BCUT2D eigenvalue weighted by Crippen LogP contribution is -1.96. The van der Waals surface area contributed by atoms with Crippen molar-refractivity contribution >= 4 is 27.9 Å². The van der Waals surface area contributed by atoms with E-state index >= 15 is 0 Å². The molecule has 0 saturated carbocycles. The molecule has 5 heteroatoms. The summed E-state index contributed by atoms with van der Waals surface area (Å²) in [6, 6.07) is 8.87. The number of hydrogen-bond donors (Lipinski definition) is 1. The number of halogens is 1. The number of carbonyl (C=O) groups excluding carboxylic acids is 1. The van der Waals surface area contributed by atoms with Crippen LogP contribution in [0.15, 0.2) is 40.0 Å². The maximum Gasteiger partial charge on any atom is 0.195 e. The number of fused-ring (bicyclic) bond motifs is 3. The van der Waals surface area contributed by atoms with Crippen LogP contribution in [-0.2, 0) is 0 Å². The average Bonchev–Trinajstić information content (AvgIpc) is 2.63. The van der Waals surface area contributed by atoms with Gasteiger partial charge in [-0.2, -0.15) is 0 Å². The molecule has 0 amide bonds. The van der Waals surface area contributed by atoms with Gasteiger partial charge < -0.3 is 5.21 Å². The van der Waals surface area contributed by atoms with Crippen LogP contribution in [0, 0.1) is 0 Å². The number of nitrogens with zero attached hydrogens (tertiary/aromatic N) is 2. The molecule has 1 aromatic heterocycles. The van der Waals surface area contributed by atoms with E-state index in [1.165, 1.54) is 6.21 Å². The number of aromatic nitrogens is 1. The molecular formula is C13H7BrN2O2. The highest BCUT2D eigenvalue weighted by Gasteiger charge is 2.28. The lowest BCUT2D eigenvalue weighted by atomic mass is 10.1. The molecule has 88 valence electrons. The topological polar surface area (TPSA) is 62.5 Å². The van der Waals surface area contributed by atoms with Gasteiger partial charge in [-0.25, -0.2) is 4.98 Å². The Bertz CT molecular complexity index is 695. The Morgan fingerprint density at radius 1 is 1.17 bits per heavy atom. The standard InChI is InChI=1S/C13H7BrN2O2/c14-7-1-3-9-11(5-7)13(17)10-4-2-8(6-15-18)16-12(9)10/h1-6,18H. The zero-order valence-corrected chi connectivity index (χ0v) is 10.7. The number of benzene rings is 1. The summed E-state index contributed by atoms with van der Waals surface area (Å²) < 4.78 is 0.861. The van der Waals surface area contributed by atoms with Gasteiger partial charge >= 0.3 is 0 Å². The number of pyridine rings is 1. The Morgan fingerprint density at radius 3 is 2.72 bits per heavy atom. The molecule has 1 aromatic carbocycles. The number of rotatable bonds is 1. The van der Waals surface area contributed by atoms with E-state index in [9.17, 15) is 4.79 Å². The van der Waals surface area contributed by atoms with Gasteiger partial charge in [0.15, 0.2) is 5.78 Å². The second-order valence-corrected chi connectivity index (χ2v) is 4.81. The van der Waals surface area contributed by atoms with Crippen molar-refractivity contribution in [2.24, 2.45) is 5.16 Å². The third kappa shape index (κ3) is 1.55. The highest BCUT2D eigenvalue weighted by atomic mass is 79.9. The van der Waals surface area contributed by atoms with Gasteiger partial charge in [0.25, 0.3) is 0 Å². The summed E-state index contributed by atoms with van der Waals surface area (Å²) in [6.07, 6.45) is 1.24. The smallest absolute Gasteiger partial charge is 0.195 e. The summed E-state index contributed by atoms with van der Waals surface area (Å²) in [6.45, 7) is 0. The fraction of sp³-hybridized carbons (Fsp3) is 0. The molecule has 0 spiro atoms. The highest BCUT2D eigenvalue weighted by Crippen LogP contribution is 2.36. The zero-order chi connectivity index (χ0) is 12.7. The Balaban J connectivity index is 2.26. The van der Waals surface area contributed by atoms with Gasteiger partial charge in [0.2, 0.25) is 0 Å². The van der Waals surface area contributed by atoms with E-state index in [1.54, 1.807) is 18.2 Å². The first-order chi connectivity index (χ1) is 8.70. The van der Waals surface area contributed by atoms with Crippen molar-refractivity contribution < 1.29 is 10.0 Å². The van der Waals surface area contributed by atoms with Crippen LogP contribution < -0.4 is 0 Å². The molecule has 1 aliphatic carbocycles. The van der Waals surface area contributed by atoms with Gasteiger partial charge in [-0.1, -0.05) is 27.2 Å². The summed E-state index contributed by atoms with van der Waals surface area (Å²) in [4.78, 5) is 16.5. The first-order valence-corrected chi connectivity index (χ1v) is 6.03. The molecule has 2 aromatic rings. The highest BCUT2D eigenvalue weighted by molar-refractivity contribution is 9.10. The number of oxime groups is 1. The molecule has 1 heterocycles. The maximum absolute atomic E-state index is 12.2. The van der Waals surface area contributed by atoms with Gasteiger partial charge in [0, 0.05) is 21.2 Å². The lowest BCUT2D eigenvalue weighted by molar-refractivity contribution is 0.104. The molecule has 0 unspecified atom stereocenters. The second-order valence-electron chi connectivity index (χ2n) is 3.90.